The van der Waals surface area contributed by atoms with Gasteiger partial charge in [0.15, 0.2) is 0 Å². The van der Waals surface area contributed by atoms with Crippen LogP contribution >= 0.6 is 0 Å². The molecule has 0 spiro atoms. The second-order valence-corrected chi connectivity index (χ2v) is 7.62. The standard InChI is InChI=1S/C23H24N4O5/c1-26-17-8-4-3-7-16(17)25-21(26)13-32-19-9-5-6-14-15(19)12-27(22(14)29)18(23(30)31-2)10-11-20(24)28/h3-9,18H,10-13H2,1-2H3,(H2,24,28). The largest absolute Gasteiger partial charge is 0.485 e. The number of hydrogen-bond donors (Lipinski definition) is 1. The van der Waals surface area contributed by atoms with E-state index < -0.39 is 17.9 Å². The van der Waals surface area contributed by atoms with Crippen LogP contribution in [0.3, 0.4) is 0 Å². The summed E-state index contributed by atoms with van der Waals surface area (Å²) in [5, 5.41) is 0. The molecule has 9 nitrogen and oxygen atoms in total. The Labute approximate surface area is 184 Å². The van der Waals surface area contributed by atoms with Crippen molar-refractivity contribution in [2.75, 3.05) is 7.11 Å². The van der Waals surface area contributed by atoms with Crippen molar-refractivity contribution in [1.29, 1.82) is 0 Å². The van der Waals surface area contributed by atoms with Gasteiger partial charge in [0.05, 0.1) is 24.7 Å². The van der Waals surface area contributed by atoms with Crippen molar-refractivity contribution in [3.63, 3.8) is 0 Å². The van der Waals surface area contributed by atoms with Gasteiger partial charge in [-0.2, -0.15) is 0 Å². The minimum atomic E-state index is -0.903. The van der Waals surface area contributed by atoms with E-state index in [1.54, 1.807) is 18.2 Å². The highest BCUT2D eigenvalue weighted by atomic mass is 16.5. The molecule has 1 aliphatic heterocycles. The number of benzene rings is 2. The van der Waals surface area contributed by atoms with Gasteiger partial charge in [-0.3, -0.25) is 9.59 Å². The number of esters is 1. The fraction of sp³-hybridized carbons (Fsp3) is 0.304. The lowest BCUT2D eigenvalue weighted by atomic mass is 10.1. The van der Waals surface area contributed by atoms with Crippen LogP contribution in [0.5, 0.6) is 5.75 Å². The number of fused-ring (bicyclic) bond motifs is 2. The van der Waals surface area contributed by atoms with Gasteiger partial charge in [-0.05, 0) is 30.7 Å². The van der Waals surface area contributed by atoms with E-state index in [4.69, 9.17) is 15.2 Å². The van der Waals surface area contributed by atoms with Gasteiger partial charge in [0.1, 0.15) is 24.2 Å². The van der Waals surface area contributed by atoms with Gasteiger partial charge in [0, 0.05) is 24.6 Å². The van der Waals surface area contributed by atoms with Crippen molar-refractivity contribution in [2.45, 2.75) is 32.0 Å². The van der Waals surface area contributed by atoms with Gasteiger partial charge >= 0.3 is 5.97 Å². The minimum Gasteiger partial charge on any atom is -0.485 e. The van der Waals surface area contributed by atoms with Crippen molar-refractivity contribution < 1.29 is 23.9 Å². The molecule has 2 N–H and O–H groups in total. The zero-order valence-electron chi connectivity index (χ0n) is 17.9. The first-order chi connectivity index (χ1) is 15.4. The molecule has 0 fully saturated rings. The van der Waals surface area contributed by atoms with Crippen LogP contribution in [0.2, 0.25) is 0 Å². The first kappa shape index (κ1) is 21.4. The Hall–Kier alpha value is -3.88. The molecule has 0 radical (unpaired) electrons. The third-order valence-corrected chi connectivity index (χ3v) is 5.70. The number of ether oxygens (including phenoxy) is 2. The quantitative estimate of drug-likeness (QED) is 0.539. The van der Waals surface area contributed by atoms with Crippen LogP contribution in [0.1, 0.15) is 34.6 Å². The third kappa shape index (κ3) is 3.89. The van der Waals surface area contributed by atoms with Gasteiger partial charge in [0.25, 0.3) is 5.91 Å². The van der Waals surface area contributed by atoms with Crippen LogP contribution in [0, 0.1) is 0 Å². The zero-order valence-corrected chi connectivity index (χ0v) is 17.9. The summed E-state index contributed by atoms with van der Waals surface area (Å²) < 4.78 is 12.9. The fourth-order valence-electron chi connectivity index (χ4n) is 4.00. The average molecular weight is 436 g/mol. The van der Waals surface area contributed by atoms with Crippen molar-refractivity contribution in [1.82, 2.24) is 14.5 Å². The molecule has 2 amide bonds. The van der Waals surface area contributed by atoms with Crippen molar-refractivity contribution in [2.24, 2.45) is 12.8 Å². The second kappa shape index (κ2) is 8.70. The molecular formula is C23H24N4O5. The summed E-state index contributed by atoms with van der Waals surface area (Å²) in [6.45, 7) is 0.392. The molecule has 3 aromatic rings. The predicted octanol–water partition coefficient (Wildman–Crippen LogP) is 1.92. The number of aromatic nitrogens is 2. The van der Waals surface area contributed by atoms with Crippen LogP contribution < -0.4 is 10.5 Å². The van der Waals surface area contributed by atoms with Gasteiger partial charge in [-0.1, -0.05) is 18.2 Å². The van der Waals surface area contributed by atoms with Gasteiger partial charge in [-0.25, -0.2) is 9.78 Å². The molecule has 1 aliphatic rings. The molecule has 4 rings (SSSR count). The normalized spacial score (nSPS) is 13.8. The maximum absolute atomic E-state index is 13.0. The third-order valence-electron chi connectivity index (χ3n) is 5.70. The molecule has 0 saturated heterocycles. The number of para-hydroxylation sites is 2. The van der Waals surface area contributed by atoms with Crippen LogP contribution in [0.4, 0.5) is 0 Å². The van der Waals surface area contributed by atoms with Crippen molar-refractivity contribution in [3.05, 3.63) is 59.4 Å². The summed E-state index contributed by atoms with van der Waals surface area (Å²) in [6, 6.07) is 12.1. The van der Waals surface area contributed by atoms with E-state index in [2.05, 4.69) is 4.98 Å². The molecule has 32 heavy (non-hydrogen) atoms. The topological polar surface area (TPSA) is 117 Å². The van der Waals surface area contributed by atoms with E-state index >= 15 is 0 Å². The maximum Gasteiger partial charge on any atom is 0.328 e. The molecule has 9 heteroatoms. The number of amides is 2. The van der Waals surface area contributed by atoms with Crippen molar-refractivity contribution in [3.8, 4) is 5.75 Å². The Morgan fingerprint density at radius 3 is 2.69 bits per heavy atom. The number of hydrogen-bond acceptors (Lipinski definition) is 6. The highest BCUT2D eigenvalue weighted by Crippen LogP contribution is 2.33. The molecular weight excluding hydrogens is 412 g/mol. The lowest BCUT2D eigenvalue weighted by molar-refractivity contribution is -0.146. The number of primary amides is 1. The molecule has 1 atom stereocenters. The van der Waals surface area contributed by atoms with Crippen LogP contribution in [-0.4, -0.2) is 45.4 Å². The molecule has 1 aromatic heterocycles. The number of rotatable bonds is 8. The number of carbonyl (C=O) groups excluding carboxylic acids is 3. The maximum atomic E-state index is 13.0. The Bertz CT molecular complexity index is 1200. The molecule has 2 heterocycles. The number of nitrogens with zero attached hydrogens (tertiary/aromatic N) is 3. The molecule has 166 valence electrons. The van der Waals surface area contributed by atoms with Crippen LogP contribution in [0.25, 0.3) is 11.0 Å². The molecule has 1 unspecified atom stereocenters. The summed E-state index contributed by atoms with van der Waals surface area (Å²) in [5.74, 6) is -0.153. The lowest BCUT2D eigenvalue weighted by Crippen LogP contribution is -2.42. The van der Waals surface area contributed by atoms with Gasteiger partial charge in [0.2, 0.25) is 5.91 Å². The summed E-state index contributed by atoms with van der Waals surface area (Å²) in [4.78, 5) is 42.6. The highest BCUT2D eigenvalue weighted by Gasteiger charge is 2.38. The number of nitrogens with two attached hydrogens (primary N) is 1. The minimum absolute atomic E-state index is 0.0318. The fourth-order valence-corrected chi connectivity index (χ4v) is 4.00. The highest BCUT2D eigenvalue weighted by molar-refractivity contribution is 6.01. The van der Waals surface area contributed by atoms with Crippen LogP contribution in [-0.2, 0) is 34.5 Å². The van der Waals surface area contributed by atoms with E-state index in [1.165, 1.54) is 12.0 Å². The Morgan fingerprint density at radius 2 is 1.97 bits per heavy atom. The van der Waals surface area contributed by atoms with E-state index in [-0.39, 0.29) is 31.9 Å². The molecule has 2 aromatic carbocycles. The molecule has 0 aliphatic carbocycles. The second-order valence-electron chi connectivity index (χ2n) is 7.62. The Kier molecular flexibility index (Phi) is 5.81. The summed E-state index contributed by atoms with van der Waals surface area (Å²) >= 11 is 0. The number of carbonyl (C=O) groups is 3. The monoisotopic (exact) mass is 436 g/mol. The average Bonchev–Trinajstić information content (AvgIpc) is 3.29. The number of methoxy groups -OCH3 is 1. The van der Waals surface area contributed by atoms with Crippen LogP contribution in [0.15, 0.2) is 42.5 Å². The van der Waals surface area contributed by atoms with E-state index in [1.807, 2.05) is 35.9 Å². The smallest absolute Gasteiger partial charge is 0.328 e. The summed E-state index contributed by atoms with van der Waals surface area (Å²) in [6.07, 6.45) is 0.0632. The van der Waals surface area contributed by atoms with Gasteiger partial charge in [-0.15, -0.1) is 0 Å². The molecule has 0 saturated carbocycles. The predicted molar refractivity (Wildman–Crippen MR) is 116 cm³/mol. The Balaban J connectivity index is 1.56. The lowest BCUT2D eigenvalue weighted by Gasteiger charge is -2.25. The van der Waals surface area contributed by atoms with E-state index in [0.717, 1.165) is 16.9 Å². The van der Waals surface area contributed by atoms with Gasteiger partial charge < -0.3 is 24.7 Å². The Morgan fingerprint density at radius 1 is 1.19 bits per heavy atom. The number of aryl methyl sites for hydroxylation is 1. The van der Waals surface area contributed by atoms with Crippen molar-refractivity contribution >= 4 is 28.8 Å². The first-order valence-corrected chi connectivity index (χ1v) is 10.2. The first-order valence-electron chi connectivity index (χ1n) is 10.2. The van der Waals surface area contributed by atoms with E-state index in [0.29, 0.717) is 16.9 Å². The summed E-state index contributed by atoms with van der Waals surface area (Å²) in [5.41, 5.74) is 8.26. The SMILES string of the molecule is COC(=O)C(CCC(N)=O)N1Cc2c(OCc3nc4ccccc4n3C)cccc2C1=O. The summed E-state index contributed by atoms with van der Waals surface area (Å²) in [7, 11) is 3.17. The number of imidazole rings is 1. The zero-order chi connectivity index (χ0) is 22.8. The van der Waals surface area contributed by atoms with E-state index in [9.17, 15) is 14.4 Å². The molecule has 0 bridgehead atoms.